The summed E-state index contributed by atoms with van der Waals surface area (Å²) in [4.78, 5) is 26.7. The molecule has 2 bridgehead atoms. The Balaban J connectivity index is 2.12. The maximum atomic E-state index is 12.3. The van der Waals surface area contributed by atoms with Gasteiger partial charge in [-0.3, -0.25) is 14.5 Å². The van der Waals surface area contributed by atoms with Crippen molar-refractivity contribution in [1.82, 2.24) is 4.90 Å². The Morgan fingerprint density at radius 3 is 1.96 bits per heavy atom. The average molecular weight is 414 g/mol. The highest BCUT2D eigenvalue weighted by atomic mass is 28.4. The predicted molar refractivity (Wildman–Crippen MR) is 112 cm³/mol. The molecular weight excluding hydrogens is 374 g/mol. The average Bonchev–Trinajstić information content (AvgIpc) is 2.54. The van der Waals surface area contributed by atoms with Crippen molar-refractivity contribution >= 4 is 20.3 Å². The molecule has 2 atom stereocenters. The van der Waals surface area contributed by atoms with Gasteiger partial charge in [0.2, 0.25) is 0 Å². The van der Waals surface area contributed by atoms with E-state index in [9.17, 15) is 9.59 Å². The van der Waals surface area contributed by atoms with Crippen molar-refractivity contribution in [2.24, 2.45) is 5.92 Å². The predicted octanol–water partition coefficient (Wildman–Crippen LogP) is 3.75. The first-order valence-electron chi connectivity index (χ1n) is 10.7. The first-order valence-corrected chi connectivity index (χ1v) is 13.6. The molecule has 2 unspecified atom stereocenters. The van der Waals surface area contributed by atoms with E-state index in [1.54, 1.807) is 0 Å². The molecule has 0 radical (unpaired) electrons. The van der Waals surface area contributed by atoms with Crippen LogP contribution in [0.3, 0.4) is 0 Å². The smallest absolute Gasteiger partial charge is 0.320 e. The van der Waals surface area contributed by atoms with Crippen molar-refractivity contribution in [3.8, 4) is 0 Å². The number of nitrogens with zero attached hydrogens (tertiary/aromatic N) is 1. The summed E-state index contributed by atoms with van der Waals surface area (Å²) in [6, 6.07) is 0.308. The number of hydrogen-bond donors (Lipinski definition) is 0. The summed E-state index contributed by atoms with van der Waals surface area (Å²) < 4.78 is 17.2. The lowest BCUT2D eigenvalue weighted by molar-refractivity contribution is -0.156. The topological polar surface area (TPSA) is 65.1 Å². The Morgan fingerprint density at radius 1 is 0.964 bits per heavy atom. The van der Waals surface area contributed by atoms with Crippen LogP contribution in [0.25, 0.3) is 0 Å². The minimum Gasteiger partial charge on any atom is -0.466 e. The van der Waals surface area contributed by atoms with Crippen LogP contribution < -0.4 is 0 Å². The van der Waals surface area contributed by atoms with Crippen molar-refractivity contribution < 1.29 is 23.5 Å². The first-order chi connectivity index (χ1) is 13.0. The van der Waals surface area contributed by atoms with E-state index in [1.807, 2.05) is 13.8 Å². The van der Waals surface area contributed by atoms with Crippen molar-refractivity contribution in [2.75, 3.05) is 19.8 Å². The molecule has 0 amide bonds. The van der Waals surface area contributed by atoms with Gasteiger partial charge in [-0.05, 0) is 57.7 Å². The van der Waals surface area contributed by atoms with Crippen LogP contribution in [0.4, 0.5) is 0 Å². The van der Waals surface area contributed by atoms with Gasteiger partial charge in [-0.1, -0.05) is 20.8 Å². The largest absolute Gasteiger partial charge is 0.466 e. The zero-order valence-electron chi connectivity index (χ0n) is 18.7. The van der Waals surface area contributed by atoms with Crippen LogP contribution in [0.15, 0.2) is 0 Å². The molecule has 0 aliphatic carbocycles. The van der Waals surface area contributed by atoms with Crippen molar-refractivity contribution in [1.29, 1.82) is 0 Å². The van der Waals surface area contributed by atoms with Crippen molar-refractivity contribution in [3.05, 3.63) is 0 Å². The van der Waals surface area contributed by atoms with Gasteiger partial charge in [0.05, 0.1) is 25.7 Å². The third kappa shape index (κ3) is 5.57. The molecule has 2 heterocycles. The molecule has 6 nitrogen and oxygen atoms in total. The SMILES string of the molecule is CCOC(=O)CN1C2CC(O[Si](C)(C)C(C)(C)C)CC1CC(C(=O)OCC)C2. The van der Waals surface area contributed by atoms with Crippen molar-refractivity contribution in [3.63, 3.8) is 0 Å². The van der Waals surface area contributed by atoms with E-state index in [0.717, 1.165) is 25.7 Å². The van der Waals surface area contributed by atoms with E-state index >= 15 is 0 Å². The van der Waals surface area contributed by atoms with Crippen molar-refractivity contribution in [2.45, 2.75) is 96.6 Å². The molecule has 7 heteroatoms. The van der Waals surface area contributed by atoms with E-state index in [1.165, 1.54) is 0 Å². The molecule has 2 saturated heterocycles. The fourth-order valence-electron chi connectivity index (χ4n) is 4.24. The number of hydrogen-bond acceptors (Lipinski definition) is 6. The lowest BCUT2D eigenvalue weighted by atomic mass is 9.77. The molecule has 0 aromatic carbocycles. The molecule has 2 rings (SSSR count). The molecule has 2 fully saturated rings. The zero-order chi connectivity index (χ0) is 21.1. The van der Waals surface area contributed by atoms with Crippen LogP contribution in [-0.2, 0) is 23.5 Å². The molecular formula is C21H39NO5Si. The highest BCUT2D eigenvalue weighted by molar-refractivity contribution is 6.74. The van der Waals surface area contributed by atoms with Gasteiger partial charge >= 0.3 is 11.9 Å². The second-order valence-electron chi connectivity index (χ2n) is 9.68. The number of fused-ring (bicyclic) bond motifs is 2. The highest BCUT2D eigenvalue weighted by Gasteiger charge is 2.47. The Morgan fingerprint density at radius 2 is 1.50 bits per heavy atom. The normalized spacial score (nSPS) is 28.7. The quantitative estimate of drug-likeness (QED) is 0.468. The van der Waals surface area contributed by atoms with Gasteiger partial charge in [0.25, 0.3) is 0 Å². The van der Waals surface area contributed by atoms with Gasteiger partial charge in [0, 0.05) is 18.2 Å². The van der Waals surface area contributed by atoms with Gasteiger partial charge in [-0.25, -0.2) is 0 Å². The van der Waals surface area contributed by atoms with Gasteiger partial charge < -0.3 is 13.9 Å². The Hall–Kier alpha value is -0.923. The molecule has 0 saturated carbocycles. The van der Waals surface area contributed by atoms with Crippen LogP contribution in [0, 0.1) is 5.92 Å². The second-order valence-corrected chi connectivity index (χ2v) is 14.4. The van der Waals surface area contributed by atoms with Gasteiger partial charge in [-0.2, -0.15) is 0 Å². The van der Waals surface area contributed by atoms with E-state index < -0.39 is 8.32 Å². The van der Waals surface area contributed by atoms with Crippen LogP contribution in [-0.4, -0.2) is 63.1 Å². The minimum atomic E-state index is -1.86. The number of rotatable bonds is 7. The van der Waals surface area contributed by atoms with E-state index in [4.69, 9.17) is 13.9 Å². The molecule has 0 aromatic heterocycles. The number of carbonyl (C=O) groups excluding carboxylic acids is 2. The summed E-state index contributed by atoms with van der Waals surface area (Å²) >= 11 is 0. The number of ether oxygens (including phenoxy) is 2. The summed E-state index contributed by atoms with van der Waals surface area (Å²) in [7, 11) is -1.86. The lowest BCUT2D eigenvalue weighted by Gasteiger charge is -2.52. The maximum Gasteiger partial charge on any atom is 0.320 e. The molecule has 0 aromatic rings. The fraction of sp³-hybridized carbons (Fsp3) is 0.905. The van der Waals surface area contributed by atoms with E-state index in [-0.39, 0.29) is 41.1 Å². The lowest BCUT2D eigenvalue weighted by Crippen LogP contribution is -2.59. The third-order valence-electron chi connectivity index (χ3n) is 6.63. The second kappa shape index (κ2) is 9.26. The van der Waals surface area contributed by atoms with E-state index in [2.05, 4.69) is 38.8 Å². The Kier molecular flexibility index (Phi) is 7.73. The molecule has 0 spiro atoms. The molecule has 28 heavy (non-hydrogen) atoms. The summed E-state index contributed by atoms with van der Waals surface area (Å²) in [6.07, 6.45) is 3.37. The Bertz CT molecular complexity index is 543. The first kappa shape index (κ1) is 23.4. The van der Waals surface area contributed by atoms with Gasteiger partial charge in [0.1, 0.15) is 0 Å². The summed E-state index contributed by atoms with van der Waals surface area (Å²) in [6.45, 7) is 16.1. The van der Waals surface area contributed by atoms with Gasteiger partial charge in [-0.15, -0.1) is 0 Å². The molecule has 0 N–H and O–H groups in total. The van der Waals surface area contributed by atoms with Crippen LogP contribution >= 0.6 is 0 Å². The fourth-order valence-corrected chi connectivity index (χ4v) is 5.62. The number of carbonyl (C=O) groups is 2. The van der Waals surface area contributed by atoms with Crippen LogP contribution in [0.2, 0.25) is 18.1 Å². The molecule has 2 aliphatic heterocycles. The Labute approximate surface area is 171 Å². The summed E-state index contributed by atoms with van der Waals surface area (Å²) in [5.41, 5.74) is 0. The molecule has 162 valence electrons. The standard InChI is InChI=1S/C21H39NO5Si/c1-8-25-19(23)14-22-16-10-15(20(24)26-9-2)11-17(22)13-18(12-16)27-28(6,7)21(3,4)5/h15-18H,8-14H2,1-7H3. The minimum absolute atomic E-state index is 0.0813. The highest BCUT2D eigenvalue weighted by Crippen LogP contribution is 2.43. The summed E-state index contributed by atoms with van der Waals surface area (Å²) in [5, 5.41) is 0.164. The number of esters is 2. The zero-order valence-corrected chi connectivity index (χ0v) is 19.7. The van der Waals surface area contributed by atoms with E-state index in [0.29, 0.717) is 19.8 Å². The summed E-state index contributed by atoms with van der Waals surface area (Å²) in [5.74, 6) is -0.366. The van der Waals surface area contributed by atoms with Crippen LogP contribution in [0.1, 0.15) is 60.3 Å². The number of piperidine rings is 2. The maximum absolute atomic E-state index is 12.3. The molecule has 2 aliphatic rings. The van der Waals surface area contributed by atoms with Crippen LogP contribution in [0.5, 0.6) is 0 Å². The monoisotopic (exact) mass is 413 g/mol. The third-order valence-corrected chi connectivity index (χ3v) is 11.2. The van der Waals surface area contributed by atoms with Gasteiger partial charge in [0.15, 0.2) is 8.32 Å².